The van der Waals surface area contributed by atoms with E-state index in [-0.39, 0.29) is 5.91 Å². The van der Waals surface area contributed by atoms with Gasteiger partial charge in [0.25, 0.3) is 0 Å². The monoisotopic (exact) mass is 260 g/mol. The maximum Gasteiger partial charge on any atom is 0.249 e. The van der Waals surface area contributed by atoms with E-state index in [0.717, 1.165) is 12.0 Å². The van der Waals surface area contributed by atoms with Crippen LogP contribution in [0.3, 0.4) is 0 Å². The minimum Gasteiger partial charge on any atom is -0.421 e. The van der Waals surface area contributed by atoms with Gasteiger partial charge in [-0.1, -0.05) is 6.92 Å². The summed E-state index contributed by atoms with van der Waals surface area (Å²) in [7, 11) is 0. The molecule has 0 aliphatic heterocycles. The highest BCUT2D eigenvalue weighted by Crippen LogP contribution is 2.15. The van der Waals surface area contributed by atoms with Crippen molar-refractivity contribution >= 4 is 5.91 Å². The van der Waals surface area contributed by atoms with Crippen LogP contribution in [0, 0.1) is 0 Å². The second-order valence-corrected chi connectivity index (χ2v) is 4.09. The second-order valence-electron chi connectivity index (χ2n) is 4.09. The Bertz CT molecular complexity index is 524. The van der Waals surface area contributed by atoms with Crippen LogP contribution in [0.5, 0.6) is 0 Å². The molecule has 2 aromatic heterocycles. The number of aromatic nitrogens is 3. The number of pyridine rings is 1. The smallest absolute Gasteiger partial charge is 0.249 e. The van der Waals surface area contributed by atoms with Crippen LogP contribution >= 0.6 is 0 Å². The summed E-state index contributed by atoms with van der Waals surface area (Å²) in [5.41, 5.74) is 0.788. The lowest BCUT2D eigenvalue weighted by atomic mass is 10.3. The molecule has 19 heavy (non-hydrogen) atoms. The van der Waals surface area contributed by atoms with Crippen molar-refractivity contribution in [1.29, 1.82) is 0 Å². The highest BCUT2D eigenvalue weighted by atomic mass is 16.4. The summed E-state index contributed by atoms with van der Waals surface area (Å²) in [5.74, 6) is 1.01. The van der Waals surface area contributed by atoms with Gasteiger partial charge in [-0.05, 0) is 18.6 Å². The van der Waals surface area contributed by atoms with Crippen LogP contribution in [-0.4, -0.2) is 27.6 Å². The van der Waals surface area contributed by atoms with Crippen molar-refractivity contribution in [1.82, 2.24) is 20.5 Å². The standard InChI is InChI=1S/C13H16N4O2/c1-2-4-11(18)15-8-6-12-16-17-13(19-12)10-5-3-7-14-9-10/h3,5,7,9H,2,4,6,8H2,1H3,(H,15,18). The predicted octanol–water partition coefficient (Wildman–Crippen LogP) is 1.59. The maximum atomic E-state index is 11.3. The minimum absolute atomic E-state index is 0.0505. The maximum absolute atomic E-state index is 11.3. The lowest BCUT2D eigenvalue weighted by molar-refractivity contribution is -0.121. The quantitative estimate of drug-likeness (QED) is 0.853. The first-order valence-electron chi connectivity index (χ1n) is 6.29. The van der Waals surface area contributed by atoms with Gasteiger partial charge in [0.15, 0.2) is 0 Å². The topological polar surface area (TPSA) is 80.9 Å². The predicted molar refractivity (Wildman–Crippen MR) is 69.2 cm³/mol. The molecule has 0 saturated heterocycles. The largest absolute Gasteiger partial charge is 0.421 e. The Morgan fingerprint density at radius 1 is 1.42 bits per heavy atom. The summed E-state index contributed by atoms with van der Waals surface area (Å²) in [5, 5.41) is 10.7. The first-order chi connectivity index (χ1) is 9.29. The summed E-state index contributed by atoms with van der Waals surface area (Å²) in [4.78, 5) is 15.3. The summed E-state index contributed by atoms with van der Waals surface area (Å²) in [6.45, 7) is 2.48. The molecular weight excluding hydrogens is 244 g/mol. The van der Waals surface area contributed by atoms with E-state index in [4.69, 9.17) is 4.42 Å². The summed E-state index contributed by atoms with van der Waals surface area (Å²) >= 11 is 0. The molecule has 0 radical (unpaired) electrons. The molecule has 6 heteroatoms. The first-order valence-corrected chi connectivity index (χ1v) is 6.29. The molecule has 1 N–H and O–H groups in total. The van der Waals surface area contributed by atoms with Crippen molar-refractivity contribution in [2.75, 3.05) is 6.54 Å². The molecule has 0 aliphatic rings. The third-order valence-corrected chi connectivity index (χ3v) is 2.51. The van der Waals surface area contributed by atoms with Crippen LogP contribution in [0.1, 0.15) is 25.7 Å². The zero-order chi connectivity index (χ0) is 13.5. The van der Waals surface area contributed by atoms with Gasteiger partial charge in [-0.3, -0.25) is 9.78 Å². The van der Waals surface area contributed by atoms with Crippen molar-refractivity contribution in [2.24, 2.45) is 0 Å². The average molecular weight is 260 g/mol. The van der Waals surface area contributed by atoms with Gasteiger partial charge in [0.1, 0.15) is 0 Å². The fourth-order valence-electron chi connectivity index (χ4n) is 1.58. The molecule has 0 saturated carbocycles. The number of hydrogen-bond donors (Lipinski definition) is 1. The Balaban J connectivity index is 1.86. The molecule has 0 atom stereocenters. The van der Waals surface area contributed by atoms with Crippen molar-refractivity contribution in [3.8, 4) is 11.5 Å². The fourth-order valence-corrected chi connectivity index (χ4v) is 1.58. The van der Waals surface area contributed by atoms with Gasteiger partial charge >= 0.3 is 0 Å². The third kappa shape index (κ3) is 3.87. The van der Waals surface area contributed by atoms with E-state index in [1.54, 1.807) is 12.4 Å². The van der Waals surface area contributed by atoms with Gasteiger partial charge in [0.05, 0.1) is 5.56 Å². The molecule has 0 spiro atoms. The van der Waals surface area contributed by atoms with Gasteiger partial charge in [-0.2, -0.15) is 0 Å². The zero-order valence-electron chi connectivity index (χ0n) is 10.8. The summed E-state index contributed by atoms with van der Waals surface area (Å²) < 4.78 is 5.50. The van der Waals surface area contributed by atoms with Crippen LogP contribution < -0.4 is 5.32 Å². The van der Waals surface area contributed by atoms with E-state index in [1.807, 2.05) is 19.1 Å². The van der Waals surface area contributed by atoms with Crippen molar-refractivity contribution in [3.05, 3.63) is 30.4 Å². The second kappa shape index (κ2) is 6.63. The van der Waals surface area contributed by atoms with E-state index in [9.17, 15) is 4.79 Å². The van der Waals surface area contributed by atoms with Gasteiger partial charge in [0.2, 0.25) is 17.7 Å². The average Bonchev–Trinajstić information content (AvgIpc) is 2.89. The molecule has 0 unspecified atom stereocenters. The van der Waals surface area contributed by atoms with Crippen LogP contribution in [0.2, 0.25) is 0 Å². The molecular formula is C13H16N4O2. The van der Waals surface area contributed by atoms with Gasteiger partial charge < -0.3 is 9.73 Å². The number of carbonyl (C=O) groups is 1. The molecule has 0 aromatic carbocycles. The van der Waals surface area contributed by atoms with E-state index < -0.39 is 0 Å². The zero-order valence-corrected chi connectivity index (χ0v) is 10.8. The van der Waals surface area contributed by atoms with Gasteiger partial charge in [-0.25, -0.2) is 0 Å². The summed E-state index contributed by atoms with van der Waals surface area (Å²) in [6, 6.07) is 3.66. The van der Waals surface area contributed by atoms with E-state index >= 15 is 0 Å². The molecule has 6 nitrogen and oxygen atoms in total. The highest BCUT2D eigenvalue weighted by Gasteiger charge is 2.08. The van der Waals surface area contributed by atoms with E-state index in [1.165, 1.54) is 0 Å². The number of amides is 1. The van der Waals surface area contributed by atoms with Crippen molar-refractivity contribution < 1.29 is 9.21 Å². The Morgan fingerprint density at radius 3 is 3.05 bits per heavy atom. The molecule has 2 rings (SSSR count). The fraction of sp³-hybridized carbons (Fsp3) is 0.385. The first kappa shape index (κ1) is 13.2. The Hall–Kier alpha value is -2.24. The molecule has 0 aliphatic carbocycles. The lowest BCUT2D eigenvalue weighted by Gasteiger charge is -2.00. The Kier molecular flexibility index (Phi) is 4.60. The Labute approximate surface area is 111 Å². The lowest BCUT2D eigenvalue weighted by Crippen LogP contribution is -2.25. The molecule has 0 fully saturated rings. The minimum atomic E-state index is 0.0505. The van der Waals surface area contributed by atoms with Crippen LogP contribution in [-0.2, 0) is 11.2 Å². The normalized spacial score (nSPS) is 10.4. The van der Waals surface area contributed by atoms with Crippen LogP contribution in [0.15, 0.2) is 28.9 Å². The van der Waals surface area contributed by atoms with E-state index in [0.29, 0.717) is 31.2 Å². The number of nitrogens with zero attached hydrogens (tertiary/aromatic N) is 3. The van der Waals surface area contributed by atoms with Crippen LogP contribution in [0.4, 0.5) is 0 Å². The number of rotatable bonds is 6. The Morgan fingerprint density at radius 2 is 2.32 bits per heavy atom. The molecule has 1 amide bonds. The summed E-state index contributed by atoms with van der Waals surface area (Å²) in [6.07, 6.45) is 5.27. The molecule has 2 aromatic rings. The van der Waals surface area contributed by atoms with Gasteiger partial charge in [-0.15, -0.1) is 10.2 Å². The highest BCUT2D eigenvalue weighted by molar-refractivity contribution is 5.75. The SMILES string of the molecule is CCCC(=O)NCCc1nnc(-c2cccnc2)o1. The molecule has 2 heterocycles. The van der Waals surface area contributed by atoms with Gasteiger partial charge in [0, 0.05) is 31.8 Å². The number of carbonyl (C=O) groups excluding carboxylic acids is 1. The third-order valence-electron chi connectivity index (χ3n) is 2.51. The molecule has 100 valence electrons. The van der Waals surface area contributed by atoms with E-state index in [2.05, 4.69) is 20.5 Å². The number of nitrogens with one attached hydrogen (secondary N) is 1. The number of hydrogen-bond acceptors (Lipinski definition) is 5. The van der Waals surface area contributed by atoms with Crippen molar-refractivity contribution in [2.45, 2.75) is 26.2 Å². The van der Waals surface area contributed by atoms with Crippen LogP contribution in [0.25, 0.3) is 11.5 Å². The molecule has 0 bridgehead atoms. The van der Waals surface area contributed by atoms with Crippen molar-refractivity contribution in [3.63, 3.8) is 0 Å².